The van der Waals surface area contributed by atoms with Gasteiger partial charge in [0.05, 0.1) is 6.10 Å². The lowest BCUT2D eigenvalue weighted by molar-refractivity contribution is 0.243. The van der Waals surface area contributed by atoms with Crippen molar-refractivity contribution in [2.75, 3.05) is 25.0 Å². The fraction of sp³-hybridized carbons (Fsp3) is 0.583. The third kappa shape index (κ3) is 4.49. The van der Waals surface area contributed by atoms with Crippen molar-refractivity contribution in [3.8, 4) is 5.75 Å². The number of nitrogens with one attached hydrogen (secondary N) is 2. The second-order valence-corrected chi connectivity index (χ2v) is 3.80. The molecule has 1 rings (SSSR count). The third-order valence-electron chi connectivity index (χ3n) is 1.98. The monoisotopic (exact) mass is 223 g/mol. The zero-order valence-electron chi connectivity index (χ0n) is 10.3. The minimum atomic E-state index is 0.165. The summed E-state index contributed by atoms with van der Waals surface area (Å²) in [6, 6.07) is 3.82. The highest BCUT2D eigenvalue weighted by molar-refractivity contribution is 5.49. The second kappa shape index (κ2) is 7.06. The number of anilines is 1. The van der Waals surface area contributed by atoms with Gasteiger partial charge in [0.15, 0.2) is 11.6 Å². The molecule has 0 radical (unpaired) electrons. The Morgan fingerprint density at radius 3 is 2.88 bits per heavy atom. The average Bonchev–Trinajstić information content (AvgIpc) is 2.26. The highest BCUT2D eigenvalue weighted by atomic mass is 16.5. The standard InChI is InChI=1S/C12H21N3O/c1-4-13-8-9-15-12-11(16-10(2)3)6-5-7-14-12/h5-7,10,13H,4,8-9H2,1-3H3,(H,14,15). The summed E-state index contributed by atoms with van der Waals surface area (Å²) in [6.45, 7) is 8.87. The van der Waals surface area contributed by atoms with Crippen LogP contribution in [0.2, 0.25) is 0 Å². The van der Waals surface area contributed by atoms with Crippen LogP contribution < -0.4 is 15.4 Å². The normalized spacial score (nSPS) is 10.5. The minimum Gasteiger partial charge on any atom is -0.487 e. The van der Waals surface area contributed by atoms with Crippen LogP contribution in [0.25, 0.3) is 0 Å². The van der Waals surface area contributed by atoms with E-state index < -0.39 is 0 Å². The molecule has 4 nitrogen and oxygen atoms in total. The summed E-state index contributed by atoms with van der Waals surface area (Å²) in [6.07, 6.45) is 1.93. The molecule has 0 aromatic carbocycles. The Morgan fingerprint density at radius 1 is 1.38 bits per heavy atom. The van der Waals surface area contributed by atoms with Crippen molar-refractivity contribution >= 4 is 5.82 Å². The number of pyridine rings is 1. The molecule has 0 atom stereocenters. The van der Waals surface area contributed by atoms with Gasteiger partial charge in [0.25, 0.3) is 0 Å². The van der Waals surface area contributed by atoms with Crippen LogP contribution in [0.5, 0.6) is 5.75 Å². The van der Waals surface area contributed by atoms with Crippen LogP contribution >= 0.6 is 0 Å². The van der Waals surface area contributed by atoms with Gasteiger partial charge in [0.2, 0.25) is 0 Å². The molecule has 90 valence electrons. The number of likely N-dealkylation sites (N-methyl/N-ethyl adjacent to an activating group) is 1. The Balaban J connectivity index is 2.50. The smallest absolute Gasteiger partial charge is 0.168 e. The Kier molecular flexibility index (Phi) is 5.64. The molecule has 16 heavy (non-hydrogen) atoms. The van der Waals surface area contributed by atoms with Gasteiger partial charge in [0, 0.05) is 19.3 Å². The highest BCUT2D eigenvalue weighted by Crippen LogP contribution is 2.21. The predicted octanol–water partition coefficient (Wildman–Crippen LogP) is 1.89. The summed E-state index contributed by atoms with van der Waals surface area (Å²) in [5.74, 6) is 1.63. The van der Waals surface area contributed by atoms with Crippen LogP contribution in [0.15, 0.2) is 18.3 Å². The maximum atomic E-state index is 5.66. The van der Waals surface area contributed by atoms with Crippen molar-refractivity contribution < 1.29 is 4.74 Å². The van der Waals surface area contributed by atoms with Crippen molar-refractivity contribution in [3.63, 3.8) is 0 Å². The van der Waals surface area contributed by atoms with Crippen molar-refractivity contribution in [3.05, 3.63) is 18.3 Å². The van der Waals surface area contributed by atoms with Crippen LogP contribution in [0.4, 0.5) is 5.82 Å². The number of ether oxygens (including phenoxy) is 1. The summed E-state index contributed by atoms with van der Waals surface area (Å²) >= 11 is 0. The largest absolute Gasteiger partial charge is 0.487 e. The first kappa shape index (κ1) is 12.8. The zero-order chi connectivity index (χ0) is 11.8. The molecule has 2 N–H and O–H groups in total. The fourth-order valence-electron chi connectivity index (χ4n) is 1.32. The number of hydrogen-bond acceptors (Lipinski definition) is 4. The van der Waals surface area contributed by atoms with Crippen LogP contribution in [0, 0.1) is 0 Å². The molecule has 1 aromatic heterocycles. The van der Waals surface area contributed by atoms with E-state index in [9.17, 15) is 0 Å². The topological polar surface area (TPSA) is 46.2 Å². The van der Waals surface area contributed by atoms with Gasteiger partial charge in [-0.2, -0.15) is 0 Å². The molecule has 0 unspecified atom stereocenters. The van der Waals surface area contributed by atoms with Gasteiger partial charge >= 0.3 is 0 Å². The Labute approximate surface area is 97.4 Å². The van der Waals surface area contributed by atoms with E-state index in [0.29, 0.717) is 0 Å². The summed E-state index contributed by atoms with van der Waals surface area (Å²) in [7, 11) is 0. The van der Waals surface area contributed by atoms with Crippen molar-refractivity contribution in [2.45, 2.75) is 26.9 Å². The lowest BCUT2D eigenvalue weighted by Gasteiger charge is -2.14. The first-order valence-electron chi connectivity index (χ1n) is 5.80. The highest BCUT2D eigenvalue weighted by Gasteiger charge is 2.04. The van der Waals surface area contributed by atoms with E-state index in [4.69, 9.17) is 4.74 Å². The Hall–Kier alpha value is -1.29. The fourth-order valence-corrected chi connectivity index (χ4v) is 1.32. The summed E-state index contributed by atoms with van der Waals surface area (Å²) in [4.78, 5) is 4.27. The molecule has 0 fully saturated rings. The first-order chi connectivity index (χ1) is 7.74. The summed E-state index contributed by atoms with van der Waals surface area (Å²) < 4.78 is 5.66. The Bertz CT molecular complexity index is 302. The Morgan fingerprint density at radius 2 is 2.19 bits per heavy atom. The molecule has 0 amide bonds. The molecular weight excluding hydrogens is 202 g/mol. The van der Waals surface area contributed by atoms with E-state index in [1.807, 2.05) is 26.0 Å². The molecule has 0 spiro atoms. The van der Waals surface area contributed by atoms with Gasteiger partial charge in [-0.1, -0.05) is 6.92 Å². The molecule has 1 heterocycles. The van der Waals surface area contributed by atoms with Crippen molar-refractivity contribution in [2.24, 2.45) is 0 Å². The van der Waals surface area contributed by atoms with Gasteiger partial charge in [-0.15, -0.1) is 0 Å². The molecule has 0 bridgehead atoms. The van der Waals surface area contributed by atoms with E-state index in [-0.39, 0.29) is 6.10 Å². The molecule has 0 aliphatic rings. The maximum absolute atomic E-state index is 5.66. The number of nitrogens with zero attached hydrogens (tertiary/aromatic N) is 1. The van der Waals surface area contributed by atoms with Gasteiger partial charge in [-0.05, 0) is 32.5 Å². The summed E-state index contributed by atoms with van der Waals surface area (Å²) in [5, 5.41) is 6.50. The van der Waals surface area contributed by atoms with E-state index in [1.54, 1.807) is 6.20 Å². The second-order valence-electron chi connectivity index (χ2n) is 3.80. The zero-order valence-corrected chi connectivity index (χ0v) is 10.3. The quantitative estimate of drug-likeness (QED) is 0.693. The van der Waals surface area contributed by atoms with E-state index in [0.717, 1.165) is 31.2 Å². The lowest BCUT2D eigenvalue weighted by Crippen LogP contribution is -2.22. The van der Waals surface area contributed by atoms with Gasteiger partial charge in [0.1, 0.15) is 0 Å². The van der Waals surface area contributed by atoms with E-state index >= 15 is 0 Å². The van der Waals surface area contributed by atoms with Crippen LogP contribution in [-0.2, 0) is 0 Å². The SMILES string of the molecule is CCNCCNc1ncccc1OC(C)C. The number of hydrogen-bond donors (Lipinski definition) is 2. The molecule has 0 saturated carbocycles. The van der Waals surface area contributed by atoms with Crippen molar-refractivity contribution in [1.82, 2.24) is 10.3 Å². The molecule has 1 aromatic rings. The molecule has 0 aliphatic carbocycles. The first-order valence-corrected chi connectivity index (χ1v) is 5.80. The average molecular weight is 223 g/mol. The van der Waals surface area contributed by atoms with Gasteiger partial charge < -0.3 is 15.4 Å². The number of rotatable bonds is 7. The van der Waals surface area contributed by atoms with Gasteiger partial charge in [-0.3, -0.25) is 0 Å². The minimum absolute atomic E-state index is 0.165. The third-order valence-corrected chi connectivity index (χ3v) is 1.98. The lowest BCUT2D eigenvalue weighted by atomic mass is 10.4. The van der Waals surface area contributed by atoms with Gasteiger partial charge in [-0.25, -0.2) is 4.98 Å². The molecular formula is C12H21N3O. The van der Waals surface area contributed by atoms with Crippen LogP contribution in [0.3, 0.4) is 0 Å². The maximum Gasteiger partial charge on any atom is 0.168 e. The van der Waals surface area contributed by atoms with E-state index in [2.05, 4.69) is 22.5 Å². The molecule has 4 heteroatoms. The van der Waals surface area contributed by atoms with Crippen LogP contribution in [0.1, 0.15) is 20.8 Å². The number of aromatic nitrogens is 1. The molecule has 0 aliphatic heterocycles. The van der Waals surface area contributed by atoms with E-state index in [1.165, 1.54) is 0 Å². The predicted molar refractivity (Wildman–Crippen MR) is 67.0 cm³/mol. The summed E-state index contributed by atoms with van der Waals surface area (Å²) in [5.41, 5.74) is 0. The van der Waals surface area contributed by atoms with Crippen molar-refractivity contribution in [1.29, 1.82) is 0 Å². The van der Waals surface area contributed by atoms with Crippen LogP contribution in [-0.4, -0.2) is 30.7 Å². The molecule has 0 saturated heterocycles.